The number of hydrogen-bond donors (Lipinski definition) is 1. The van der Waals surface area contributed by atoms with Crippen LogP contribution in [0.3, 0.4) is 0 Å². The zero-order valence-electron chi connectivity index (χ0n) is 19.3. The molecule has 12 heteroatoms. The highest BCUT2D eigenvalue weighted by Gasteiger charge is 2.34. The molecule has 2 aromatic carbocycles. The van der Waals surface area contributed by atoms with Crippen molar-refractivity contribution in [2.24, 2.45) is 5.92 Å². The number of amides is 1. The minimum absolute atomic E-state index is 0.0187. The van der Waals surface area contributed by atoms with Crippen LogP contribution in [0.4, 0.5) is 5.69 Å². The topological polar surface area (TPSA) is 113 Å². The summed E-state index contributed by atoms with van der Waals surface area (Å²) in [6, 6.07) is 10.3. The Morgan fingerprint density at radius 2 is 1.51 bits per heavy atom. The molecular weight excluding hydrogens is 514 g/mol. The van der Waals surface area contributed by atoms with Gasteiger partial charge in [0.15, 0.2) is 0 Å². The number of hydrogen-bond acceptors (Lipinski definition) is 6. The number of sulfonamides is 2. The quantitative estimate of drug-likeness (QED) is 0.576. The van der Waals surface area contributed by atoms with Gasteiger partial charge in [0, 0.05) is 31.2 Å². The van der Waals surface area contributed by atoms with Crippen molar-refractivity contribution in [1.82, 2.24) is 8.61 Å². The highest BCUT2D eigenvalue weighted by molar-refractivity contribution is 7.89. The Morgan fingerprint density at radius 1 is 0.914 bits per heavy atom. The summed E-state index contributed by atoms with van der Waals surface area (Å²) in [5.74, 6) is -0.676. The van der Waals surface area contributed by atoms with Crippen LogP contribution in [0.15, 0.2) is 52.3 Å². The summed E-state index contributed by atoms with van der Waals surface area (Å²) < 4.78 is 60.1. The van der Waals surface area contributed by atoms with Gasteiger partial charge < -0.3 is 10.1 Å². The Morgan fingerprint density at radius 3 is 2.17 bits per heavy atom. The first-order valence-corrected chi connectivity index (χ1v) is 14.6. The molecule has 35 heavy (non-hydrogen) atoms. The van der Waals surface area contributed by atoms with Gasteiger partial charge in [-0.05, 0) is 68.1 Å². The number of nitrogens with zero attached hydrogens (tertiary/aromatic N) is 2. The smallest absolute Gasteiger partial charge is 0.243 e. The van der Waals surface area contributed by atoms with Gasteiger partial charge >= 0.3 is 0 Å². The summed E-state index contributed by atoms with van der Waals surface area (Å²) in [7, 11) is -6.03. The monoisotopic (exact) mass is 541 g/mol. The number of carbonyl (C=O) groups is 1. The Labute approximate surface area is 211 Å². The van der Waals surface area contributed by atoms with E-state index >= 15 is 0 Å². The number of rotatable bonds is 7. The Balaban J connectivity index is 1.52. The molecule has 2 aliphatic heterocycles. The lowest BCUT2D eigenvalue weighted by Gasteiger charge is -2.31. The fourth-order valence-corrected chi connectivity index (χ4v) is 7.58. The van der Waals surface area contributed by atoms with Crippen LogP contribution in [0.25, 0.3) is 0 Å². The van der Waals surface area contributed by atoms with Gasteiger partial charge in [0.1, 0.15) is 5.75 Å². The van der Waals surface area contributed by atoms with Gasteiger partial charge in [-0.1, -0.05) is 11.6 Å². The number of benzene rings is 2. The van der Waals surface area contributed by atoms with E-state index < -0.39 is 31.9 Å². The van der Waals surface area contributed by atoms with Crippen LogP contribution in [0.2, 0.25) is 5.02 Å². The lowest BCUT2D eigenvalue weighted by atomic mass is 9.98. The second-order valence-electron chi connectivity index (χ2n) is 8.62. The summed E-state index contributed by atoms with van der Waals surface area (Å²) in [5, 5.41) is 3.20. The molecule has 1 amide bonds. The number of nitrogens with one attached hydrogen (secondary N) is 1. The number of piperidine rings is 1. The predicted molar refractivity (Wildman–Crippen MR) is 133 cm³/mol. The summed E-state index contributed by atoms with van der Waals surface area (Å²) in [6.45, 7) is 1.26. The third-order valence-electron chi connectivity index (χ3n) is 6.34. The standard InChI is InChI=1S/C23H28ClN3O6S2/c1-33-22-11-10-20(35(31,32)26-12-2-3-13-26)15-21(22)25-23(28)17-5-4-14-27(16-17)34(29,30)19-8-6-18(24)7-9-19/h6-11,15,17H,2-5,12-14,16H2,1H3,(H,25,28)/t17-/m1/s1. The fourth-order valence-electron chi connectivity index (χ4n) is 4.39. The van der Waals surface area contributed by atoms with Crippen molar-refractivity contribution in [3.8, 4) is 5.75 Å². The average molecular weight is 542 g/mol. The third kappa shape index (κ3) is 5.49. The van der Waals surface area contributed by atoms with Crippen LogP contribution in [-0.4, -0.2) is 64.6 Å². The molecule has 0 aromatic heterocycles. The van der Waals surface area contributed by atoms with Gasteiger partial charge in [-0.25, -0.2) is 16.8 Å². The maximum Gasteiger partial charge on any atom is 0.243 e. The maximum atomic E-state index is 13.1. The largest absolute Gasteiger partial charge is 0.495 e. The molecule has 2 aromatic rings. The SMILES string of the molecule is COc1ccc(S(=O)(=O)N2CCCC2)cc1NC(=O)[C@@H]1CCCN(S(=O)(=O)c2ccc(Cl)cc2)C1. The number of methoxy groups -OCH3 is 1. The highest BCUT2D eigenvalue weighted by atomic mass is 35.5. The number of carbonyl (C=O) groups excluding carboxylic acids is 1. The molecule has 2 saturated heterocycles. The molecule has 1 N–H and O–H groups in total. The summed E-state index contributed by atoms with van der Waals surface area (Å²) >= 11 is 5.88. The number of halogens is 1. The van der Waals surface area contributed by atoms with Gasteiger partial charge in [-0.2, -0.15) is 8.61 Å². The van der Waals surface area contributed by atoms with Crippen LogP contribution in [-0.2, 0) is 24.8 Å². The van der Waals surface area contributed by atoms with E-state index in [1.165, 1.54) is 58.2 Å². The summed E-state index contributed by atoms with van der Waals surface area (Å²) in [4.78, 5) is 13.3. The van der Waals surface area contributed by atoms with E-state index in [1.807, 2.05) is 0 Å². The Hall–Kier alpha value is -2.18. The van der Waals surface area contributed by atoms with E-state index in [9.17, 15) is 21.6 Å². The lowest BCUT2D eigenvalue weighted by Crippen LogP contribution is -2.43. The van der Waals surface area contributed by atoms with E-state index in [1.54, 1.807) is 0 Å². The highest BCUT2D eigenvalue weighted by Crippen LogP contribution is 2.32. The molecular formula is C23H28ClN3O6S2. The molecule has 0 unspecified atom stereocenters. The number of anilines is 1. The van der Waals surface area contributed by atoms with Gasteiger partial charge in [0.05, 0.1) is 28.5 Å². The molecule has 0 spiro atoms. The zero-order valence-corrected chi connectivity index (χ0v) is 21.7. The first kappa shape index (κ1) is 25.9. The van der Waals surface area contributed by atoms with Gasteiger partial charge in [0.2, 0.25) is 26.0 Å². The van der Waals surface area contributed by atoms with Crippen molar-refractivity contribution in [2.45, 2.75) is 35.5 Å². The molecule has 0 radical (unpaired) electrons. The van der Waals surface area contributed by atoms with E-state index in [0.717, 1.165) is 12.8 Å². The first-order chi connectivity index (χ1) is 16.6. The second-order valence-corrected chi connectivity index (χ2v) is 12.9. The van der Waals surface area contributed by atoms with Crippen molar-refractivity contribution in [3.05, 3.63) is 47.5 Å². The second kappa shape index (κ2) is 10.4. The minimum atomic E-state index is -3.78. The van der Waals surface area contributed by atoms with E-state index in [0.29, 0.717) is 43.2 Å². The Kier molecular flexibility index (Phi) is 7.72. The van der Waals surface area contributed by atoms with Gasteiger partial charge in [0.25, 0.3) is 0 Å². The molecule has 4 rings (SSSR count). The molecule has 0 saturated carbocycles. The van der Waals surface area contributed by atoms with Crippen LogP contribution in [0.5, 0.6) is 5.75 Å². The summed E-state index contributed by atoms with van der Waals surface area (Å²) in [5.41, 5.74) is 0.232. The normalized spacial score (nSPS) is 20.0. The molecule has 0 bridgehead atoms. The Bertz CT molecular complexity index is 1290. The van der Waals surface area contributed by atoms with Gasteiger partial charge in [-0.3, -0.25) is 4.79 Å². The van der Waals surface area contributed by atoms with Crippen molar-refractivity contribution in [3.63, 3.8) is 0 Å². The van der Waals surface area contributed by atoms with Crippen molar-refractivity contribution >= 4 is 43.2 Å². The molecule has 9 nitrogen and oxygen atoms in total. The van der Waals surface area contributed by atoms with Gasteiger partial charge in [-0.15, -0.1) is 0 Å². The molecule has 2 heterocycles. The zero-order chi connectivity index (χ0) is 25.2. The average Bonchev–Trinajstić information content (AvgIpc) is 3.40. The maximum absolute atomic E-state index is 13.1. The van der Waals surface area contributed by atoms with Crippen LogP contribution >= 0.6 is 11.6 Å². The van der Waals surface area contributed by atoms with E-state index in [-0.39, 0.29) is 22.0 Å². The molecule has 2 fully saturated rings. The molecule has 190 valence electrons. The molecule has 0 aliphatic carbocycles. The third-order valence-corrected chi connectivity index (χ3v) is 10.4. The van der Waals surface area contributed by atoms with E-state index in [2.05, 4.69) is 5.32 Å². The first-order valence-electron chi connectivity index (χ1n) is 11.4. The number of ether oxygens (including phenoxy) is 1. The molecule has 2 aliphatic rings. The van der Waals surface area contributed by atoms with E-state index in [4.69, 9.17) is 16.3 Å². The molecule has 1 atom stereocenters. The predicted octanol–water partition coefficient (Wildman–Crippen LogP) is 3.17. The summed E-state index contributed by atoms with van der Waals surface area (Å²) in [6.07, 6.45) is 2.66. The van der Waals surface area contributed by atoms with Crippen molar-refractivity contribution in [2.75, 3.05) is 38.6 Å². The van der Waals surface area contributed by atoms with Crippen LogP contribution in [0.1, 0.15) is 25.7 Å². The van der Waals surface area contributed by atoms with Crippen LogP contribution < -0.4 is 10.1 Å². The lowest BCUT2D eigenvalue weighted by molar-refractivity contribution is -0.120. The van der Waals surface area contributed by atoms with Crippen LogP contribution in [0, 0.1) is 5.92 Å². The van der Waals surface area contributed by atoms with Crippen molar-refractivity contribution in [1.29, 1.82) is 0 Å². The minimum Gasteiger partial charge on any atom is -0.495 e. The van der Waals surface area contributed by atoms with Crippen molar-refractivity contribution < 1.29 is 26.4 Å². The fraction of sp³-hybridized carbons (Fsp3) is 0.435.